The second-order valence-electron chi connectivity index (χ2n) is 4.09. The highest BCUT2D eigenvalue weighted by Gasteiger charge is 2.07. The lowest BCUT2D eigenvalue weighted by atomic mass is 10.1. The van der Waals surface area contributed by atoms with Crippen LogP contribution in [0.2, 0.25) is 0 Å². The van der Waals surface area contributed by atoms with E-state index in [0.29, 0.717) is 6.10 Å². The van der Waals surface area contributed by atoms with Crippen molar-refractivity contribution in [3.8, 4) is 5.75 Å². The molecule has 0 aliphatic carbocycles. The summed E-state index contributed by atoms with van der Waals surface area (Å²) in [7, 11) is 0. The molecule has 2 N–H and O–H groups in total. The number of benzene rings is 1. The number of nitrogens with two attached hydrogens (primary N) is 1. The van der Waals surface area contributed by atoms with Crippen LogP contribution >= 0.6 is 0 Å². The molecule has 3 heteroatoms. The Morgan fingerprint density at radius 3 is 2.24 bits per heavy atom. The molecule has 0 aliphatic rings. The molecular weight excluding hydrogens is 212 g/mol. The minimum Gasteiger partial charge on any atom is -0.490 e. The standard InChI is InChI=1S/C14H22N2O/c1-3-5-13(6-4-2)17-14-9-7-12(8-10-14)16-11-15/h7-11,13H,3-6H2,1-2H3,(H2,15,16). The fourth-order valence-electron chi connectivity index (χ4n) is 1.80. The van der Waals surface area contributed by atoms with Gasteiger partial charge in [0.05, 0.1) is 18.1 Å². The van der Waals surface area contributed by atoms with Gasteiger partial charge in [-0.3, -0.25) is 0 Å². The second-order valence-corrected chi connectivity index (χ2v) is 4.09. The highest BCUT2D eigenvalue weighted by atomic mass is 16.5. The van der Waals surface area contributed by atoms with E-state index >= 15 is 0 Å². The van der Waals surface area contributed by atoms with E-state index in [0.717, 1.165) is 37.1 Å². The molecule has 0 heterocycles. The third-order valence-electron chi connectivity index (χ3n) is 2.58. The maximum atomic E-state index is 5.95. The van der Waals surface area contributed by atoms with Gasteiger partial charge in [0.15, 0.2) is 0 Å². The number of hydrogen-bond acceptors (Lipinski definition) is 2. The first-order valence-electron chi connectivity index (χ1n) is 6.31. The highest BCUT2D eigenvalue weighted by Crippen LogP contribution is 2.21. The van der Waals surface area contributed by atoms with Crippen molar-refractivity contribution in [3.05, 3.63) is 24.3 Å². The molecule has 0 amide bonds. The van der Waals surface area contributed by atoms with Gasteiger partial charge in [-0.2, -0.15) is 0 Å². The molecule has 0 atom stereocenters. The second kappa shape index (κ2) is 7.71. The first kappa shape index (κ1) is 13.6. The molecule has 0 aromatic heterocycles. The van der Waals surface area contributed by atoms with E-state index in [2.05, 4.69) is 18.8 Å². The van der Waals surface area contributed by atoms with E-state index < -0.39 is 0 Å². The van der Waals surface area contributed by atoms with Gasteiger partial charge in [-0.15, -0.1) is 0 Å². The van der Waals surface area contributed by atoms with Crippen molar-refractivity contribution in [2.45, 2.75) is 45.6 Å². The maximum absolute atomic E-state index is 5.95. The van der Waals surface area contributed by atoms with Crippen molar-refractivity contribution < 1.29 is 4.74 Å². The van der Waals surface area contributed by atoms with Gasteiger partial charge in [-0.1, -0.05) is 26.7 Å². The summed E-state index contributed by atoms with van der Waals surface area (Å²) in [6.45, 7) is 4.37. The van der Waals surface area contributed by atoms with E-state index in [-0.39, 0.29) is 0 Å². The lowest BCUT2D eigenvalue weighted by Gasteiger charge is -2.17. The quantitative estimate of drug-likeness (QED) is 0.578. The van der Waals surface area contributed by atoms with Crippen LogP contribution in [0, 0.1) is 0 Å². The summed E-state index contributed by atoms with van der Waals surface area (Å²) < 4.78 is 5.95. The lowest BCUT2D eigenvalue weighted by molar-refractivity contribution is 0.179. The molecule has 0 aliphatic heterocycles. The Labute approximate surface area is 104 Å². The monoisotopic (exact) mass is 234 g/mol. The summed E-state index contributed by atoms with van der Waals surface area (Å²) in [6, 6.07) is 7.71. The van der Waals surface area contributed by atoms with Gasteiger partial charge in [-0.05, 0) is 37.1 Å². The number of hydrogen-bond donors (Lipinski definition) is 1. The van der Waals surface area contributed by atoms with E-state index in [1.807, 2.05) is 24.3 Å². The summed E-state index contributed by atoms with van der Waals surface area (Å²) in [6.07, 6.45) is 6.15. The van der Waals surface area contributed by atoms with Gasteiger partial charge >= 0.3 is 0 Å². The molecule has 0 spiro atoms. The van der Waals surface area contributed by atoms with Crippen LogP contribution in [-0.2, 0) is 0 Å². The minimum absolute atomic E-state index is 0.328. The van der Waals surface area contributed by atoms with Gasteiger partial charge < -0.3 is 10.5 Å². The molecule has 0 bridgehead atoms. The molecule has 0 unspecified atom stereocenters. The SMILES string of the molecule is CCCC(CCC)Oc1ccc(N=CN)cc1. The van der Waals surface area contributed by atoms with Crippen LogP contribution in [0.5, 0.6) is 5.75 Å². The molecule has 0 saturated heterocycles. The van der Waals surface area contributed by atoms with Crippen molar-refractivity contribution in [3.63, 3.8) is 0 Å². The van der Waals surface area contributed by atoms with Crippen molar-refractivity contribution in [2.24, 2.45) is 10.7 Å². The smallest absolute Gasteiger partial charge is 0.119 e. The Hall–Kier alpha value is -1.51. The Morgan fingerprint density at radius 2 is 1.76 bits per heavy atom. The predicted molar refractivity (Wildman–Crippen MR) is 73.0 cm³/mol. The molecule has 0 saturated carbocycles. The van der Waals surface area contributed by atoms with Crippen LogP contribution in [-0.4, -0.2) is 12.4 Å². The molecule has 94 valence electrons. The number of aliphatic imine (C=N–C) groups is 1. The zero-order chi connectivity index (χ0) is 12.5. The third-order valence-corrected chi connectivity index (χ3v) is 2.58. The summed E-state index contributed by atoms with van der Waals surface area (Å²) in [5, 5.41) is 0. The molecule has 17 heavy (non-hydrogen) atoms. The zero-order valence-electron chi connectivity index (χ0n) is 10.7. The van der Waals surface area contributed by atoms with Crippen molar-refractivity contribution in [1.29, 1.82) is 0 Å². The van der Waals surface area contributed by atoms with Crippen LogP contribution in [0.25, 0.3) is 0 Å². The Bertz CT molecular complexity index is 327. The number of ether oxygens (including phenoxy) is 1. The molecular formula is C14H22N2O. The fraction of sp³-hybridized carbons (Fsp3) is 0.500. The Balaban J connectivity index is 2.59. The maximum Gasteiger partial charge on any atom is 0.119 e. The van der Waals surface area contributed by atoms with Crippen LogP contribution in [0.1, 0.15) is 39.5 Å². The van der Waals surface area contributed by atoms with Gasteiger partial charge in [0.1, 0.15) is 5.75 Å². The molecule has 1 rings (SSSR count). The van der Waals surface area contributed by atoms with Gasteiger partial charge in [0, 0.05) is 0 Å². The van der Waals surface area contributed by atoms with Crippen LogP contribution in [0.4, 0.5) is 5.69 Å². The molecule has 0 radical (unpaired) electrons. The number of nitrogens with zero attached hydrogens (tertiary/aromatic N) is 1. The van der Waals surface area contributed by atoms with Gasteiger partial charge in [0.25, 0.3) is 0 Å². The zero-order valence-corrected chi connectivity index (χ0v) is 10.7. The average molecular weight is 234 g/mol. The predicted octanol–water partition coefficient (Wildman–Crippen LogP) is 3.65. The summed E-state index contributed by atoms with van der Waals surface area (Å²) >= 11 is 0. The fourth-order valence-corrected chi connectivity index (χ4v) is 1.80. The van der Waals surface area contributed by atoms with Crippen molar-refractivity contribution in [2.75, 3.05) is 0 Å². The van der Waals surface area contributed by atoms with Gasteiger partial charge in [0.2, 0.25) is 0 Å². The van der Waals surface area contributed by atoms with Crippen LogP contribution < -0.4 is 10.5 Å². The van der Waals surface area contributed by atoms with Crippen LogP contribution in [0.3, 0.4) is 0 Å². The Kier molecular flexibility index (Phi) is 6.15. The highest BCUT2D eigenvalue weighted by molar-refractivity contribution is 5.59. The van der Waals surface area contributed by atoms with Crippen molar-refractivity contribution in [1.82, 2.24) is 0 Å². The summed E-state index contributed by atoms with van der Waals surface area (Å²) in [5.74, 6) is 0.910. The normalized spacial score (nSPS) is 11.2. The minimum atomic E-state index is 0.328. The first-order chi connectivity index (χ1) is 8.30. The summed E-state index contributed by atoms with van der Waals surface area (Å²) in [4.78, 5) is 4.00. The topological polar surface area (TPSA) is 47.6 Å². The average Bonchev–Trinajstić information content (AvgIpc) is 2.33. The van der Waals surface area contributed by atoms with E-state index in [1.165, 1.54) is 6.34 Å². The van der Waals surface area contributed by atoms with E-state index in [1.54, 1.807) is 0 Å². The van der Waals surface area contributed by atoms with E-state index in [9.17, 15) is 0 Å². The third kappa shape index (κ3) is 4.89. The lowest BCUT2D eigenvalue weighted by Crippen LogP contribution is -2.15. The first-order valence-corrected chi connectivity index (χ1v) is 6.31. The molecule has 3 nitrogen and oxygen atoms in total. The summed E-state index contributed by atoms with van der Waals surface area (Å²) in [5.41, 5.74) is 6.08. The van der Waals surface area contributed by atoms with Gasteiger partial charge in [-0.25, -0.2) is 4.99 Å². The Morgan fingerprint density at radius 1 is 1.18 bits per heavy atom. The molecule has 1 aromatic rings. The largest absolute Gasteiger partial charge is 0.490 e. The van der Waals surface area contributed by atoms with E-state index in [4.69, 9.17) is 10.5 Å². The van der Waals surface area contributed by atoms with Crippen molar-refractivity contribution >= 4 is 12.0 Å². The molecule has 0 fully saturated rings. The number of rotatable bonds is 7. The van der Waals surface area contributed by atoms with Crippen LogP contribution in [0.15, 0.2) is 29.3 Å². The molecule has 1 aromatic carbocycles.